The predicted molar refractivity (Wildman–Crippen MR) is 84.6 cm³/mol. The molecule has 2 aromatic rings. The second kappa shape index (κ2) is 6.74. The van der Waals surface area contributed by atoms with Crippen LogP contribution < -0.4 is 5.32 Å². The highest BCUT2D eigenvalue weighted by atomic mass is 35.5. The first-order chi connectivity index (χ1) is 10.0. The molecule has 4 heteroatoms. The lowest BCUT2D eigenvalue weighted by Gasteiger charge is -2.29. The van der Waals surface area contributed by atoms with Crippen LogP contribution in [0, 0.1) is 0 Å². The second-order valence-electron chi connectivity index (χ2n) is 4.99. The number of hydrogen-bond acceptors (Lipinski definition) is 2. The van der Waals surface area contributed by atoms with Crippen molar-refractivity contribution < 1.29 is 9.53 Å². The molecule has 2 rings (SSSR count). The third-order valence-corrected chi connectivity index (χ3v) is 3.74. The summed E-state index contributed by atoms with van der Waals surface area (Å²) in [6.07, 6.45) is 0. The number of nitrogens with one attached hydrogen (secondary N) is 1. The van der Waals surface area contributed by atoms with Gasteiger partial charge in [-0.3, -0.25) is 4.79 Å². The molecule has 0 radical (unpaired) electrons. The van der Waals surface area contributed by atoms with Crippen LogP contribution in [0.4, 0.5) is 0 Å². The minimum absolute atomic E-state index is 0.124. The Morgan fingerprint density at radius 3 is 2.52 bits per heavy atom. The molecule has 0 bridgehead atoms. The van der Waals surface area contributed by atoms with E-state index < -0.39 is 5.60 Å². The number of amides is 1. The Labute approximate surface area is 129 Å². The van der Waals surface area contributed by atoms with Crippen LogP contribution >= 0.6 is 11.6 Å². The van der Waals surface area contributed by atoms with Crippen molar-refractivity contribution in [3.8, 4) is 0 Å². The molecule has 0 saturated carbocycles. The van der Waals surface area contributed by atoms with E-state index in [1.54, 1.807) is 19.2 Å². The van der Waals surface area contributed by atoms with Crippen LogP contribution in [0.5, 0.6) is 0 Å². The number of methoxy groups -OCH3 is 1. The summed E-state index contributed by atoms with van der Waals surface area (Å²) in [4.78, 5) is 12.1. The SMILES string of the molecule is COC(C)(CNC(=O)c1ccccc1)c1cccc(Cl)c1. The lowest BCUT2D eigenvalue weighted by Crippen LogP contribution is -2.40. The van der Waals surface area contributed by atoms with Gasteiger partial charge in [-0.25, -0.2) is 0 Å². The Morgan fingerprint density at radius 2 is 1.90 bits per heavy atom. The standard InChI is InChI=1S/C17H18ClNO2/c1-17(21-2,14-9-6-10-15(18)11-14)12-19-16(20)13-7-4-3-5-8-13/h3-11H,12H2,1-2H3,(H,19,20). The molecule has 0 spiro atoms. The van der Waals surface area contributed by atoms with Crippen molar-refractivity contribution in [1.29, 1.82) is 0 Å². The van der Waals surface area contributed by atoms with Crippen LogP contribution in [0.25, 0.3) is 0 Å². The summed E-state index contributed by atoms with van der Waals surface area (Å²) in [6, 6.07) is 16.6. The van der Waals surface area contributed by atoms with E-state index >= 15 is 0 Å². The molecule has 110 valence electrons. The van der Waals surface area contributed by atoms with Crippen LogP contribution in [0.15, 0.2) is 54.6 Å². The Bertz CT molecular complexity index is 615. The monoisotopic (exact) mass is 303 g/mol. The third kappa shape index (κ3) is 3.84. The van der Waals surface area contributed by atoms with E-state index in [1.165, 1.54) is 0 Å². The van der Waals surface area contributed by atoms with Crippen LogP contribution in [0.1, 0.15) is 22.8 Å². The number of halogens is 1. The zero-order valence-electron chi connectivity index (χ0n) is 12.1. The fraction of sp³-hybridized carbons (Fsp3) is 0.235. The summed E-state index contributed by atoms with van der Waals surface area (Å²) in [5.74, 6) is -0.124. The Kier molecular flexibility index (Phi) is 4.99. The fourth-order valence-corrected chi connectivity index (χ4v) is 2.24. The highest BCUT2D eigenvalue weighted by Gasteiger charge is 2.27. The number of rotatable bonds is 5. The molecular formula is C17H18ClNO2. The molecule has 0 fully saturated rings. The van der Waals surface area contributed by atoms with Crippen LogP contribution in [0.2, 0.25) is 5.02 Å². The summed E-state index contributed by atoms with van der Waals surface area (Å²) in [5.41, 5.74) is 0.919. The summed E-state index contributed by atoms with van der Waals surface area (Å²) in [6.45, 7) is 2.28. The van der Waals surface area contributed by atoms with Gasteiger partial charge in [0.05, 0.1) is 6.54 Å². The molecule has 0 aliphatic carbocycles. The van der Waals surface area contributed by atoms with E-state index in [2.05, 4.69) is 5.32 Å². The molecule has 0 aromatic heterocycles. The largest absolute Gasteiger partial charge is 0.372 e. The van der Waals surface area contributed by atoms with Gasteiger partial charge in [0.25, 0.3) is 5.91 Å². The number of hydrogen-bond donors (Lipinski definition) is 1. The van der Waals surface area contributed by atoms with Gasteiger partial charge >= 0.3 is 0 Å². The van der Waals surface area contributed by atoms with E-state index in [0.29, 0.717) is 17.1 Å². The first kappa shape index (κ1) is 15.5. The first-order valence-electron chi connectivity index (χ1n) is 6.69. The predicted octanol–water partition coefficient (Wildman–Crippen LogP) is 3.63. The smallest absolute Gasteiger partial charge is 0.251 e. The zero-order valence-corrected chi connectivity index (χ0v) is 12.9. The molecule has 1 unspecified atom stereocenters. The van der Waals surface area contributed by atoms with Crippen LogP contribution in [0.3, 0.4) is 0 Å². The Morgan fingerprint density at radius 1 is 1.19 bits per heavy atom. The summed E-state index contributed by atoms with van der Waals surface area (Å²) >= 11 is 6.02. The fourth-order valence-electron chi connectivity index (χ4n) is 2.05. The maximum Gasteiger partial charge on any atom is 0.251 e. The van der Waals surface area contributed by atoms with Crippen molar-refractivity contribution in [2.75, 3.05) is 13.7 Å². The van der Waals surface area contributed by atoms with Crippen molar-refractivity contribution in [2.24, 2.45) is 0 Å². The van der Waals surface area contributed by atoms with Gasteiger partial charge in [0.1, 0.15) is 5.60 Å². The molecular weight excluding hydrogens is 286 g/mol. The second-order valence-corrected chi connectivity index (χ2v) is 5.43. The average Bonchev–Trinajstić information content (AvgIpc) is 2.53. The average molecular weight is 304 g/mol. The summed E-state index contributed by atoms with van der Waals surface area (Å²) in [7, 11) is 1.62. The lowest BCUT2D eigenvalue weighted by molar-refractivity contribution is 0.00315. The number of ether oxygens (including phenoxy) is 1. The van der Waals surface area contributed by atoms with Crippen molar-refractivity contribution in [3.05, 3.63) is 70.7 Å². The van der Waals surface area contributed by atoms with Crippen molar-refractivity contribution in [3.63, 3.8) is 0 Å². The van der Waals surface area contributed by atoms with E-state index in [4.69, 9.17) is 16.3 Å². The number of benzene rings is 2. The van der Waals surface area contributed by atoms with Gasteiger partial charge in [-0.15, -0.1) is 0 Å². The van der Waals surface area contributed by atoms with Gasteiger partial charge in [-0.1, -0.05) is 41.9 Å². The topological polar surface area (TPSA) is 38.3 Å². The molecule has 0 aliphatic rings. The molecule has 0 heterocycles. The molecule has 1 atom stereocenters. The van der Waals surface area contributed by atoms with E-state index in [-0.39, 0.29) is 5.91 Å². The van der Waals surface area contributed by atoms with Gasteiger partial charge < -0.3 is 10.1 Å². The highest BCUT2D eigenvalue weighted by molar-refractivity contribution is 6.30. The molecule has 1 amide bonds. The zero-order chi connectivity index (χ0) is 15.3. The van der Waals surface area contributed by atoms with Gasteiger partial charge in [0.2, 0.25) is 0 Å². The minimum Gasteiger partial charge on any atom is -0.372 e. The van der Waals surface area contributed by atoms with Crippen molar-refractivity contribution in [2.45, 2.75) is 12.5 Å². The number of carbonyl (C=O) groups excluding carboxylic acids is 1. The molecule has 3 nitrogen and oxygen atoms in total. The quantitative estimate of drug-likeness (QED) is 0.916. The van der Waals surface area contributed by atoms with E-state index in [1.807, 2.05) is 49.4 Å². The Hall–Kier alpha value is -1.84. The summed E-state index contributed by atoms with van der Waals surface area (Å²) < 4.78 is 5.59. The normalized spacial score (nSPS) is 13.5. The van der Waals surface area contributed by atoms with Gasteiger partial charge in [-0.2, -0.15) is 0 Å². The molecule has 1 N–H and O–H groups in total. The highest BCUT2D eigenvalue weighted by Crippen LogP contribution is 2.26. The molecule has 21 heavy (non-hydrogen) atoms. The molecule has 0 saturated heterocycles. The maximum absolute atomic E-state index is 12.1. The van der Waals surface area contributed by atoms with Gasteiger partial charge in [0.15, 0.2) is 0 Å². The van der Waals surface area contributed by atoms with Crippen molar-refractivity contribution in [1.82, 2.24) is 5.32 Å². The maximum atomic E-state index is 12.1. The van der Waals surface area contributed by atoms with Gasteiger partial charge in [-0.05, 0) is 36.8 Å². The van der Waals surface area contributed by atoms with E-state index in [9.17, 15) is 4.79 Å². The lowest BCUT2D eigenvalue weighted by atomic mass is 9.95. The summed E-state index contributed by atoms with van der Waals surface area (Å²) in [5, 5.41) is 3.55. The number of carbonyl (C=O) groups is 1. The molecule has 2 aromatic carbocycles. The third-order valence-electron chi connectivity index (χ3n) is 3.51. The Balaban J connectivity index is 2.10. The van der Waals surface area contributed by atoms with Gasteiger partial charge in [0, 0.05) is 17.7 Å². The minimum atomic E-state index is -0.630. The van der Waals surface area contributed by atoms with Crippen LogP contribution in [-0.2, 0) is 10.3 Å². The van der Waals surface area contributed by atoms with Crippen LogP contribution in [-0.4, -0.2) is 19.6 Å². The molecule has 0 aliphatic heterocycles. The van der Waals surface area contributed by atoms with E-state index in [0.717, 1.165) is 5.56 Å². The van der Waals surface area contributed by atoms with Crippen molar-refractivity contribution >= 4 is 17.5 Å². The first-order valence-corrected chi connectivity index (χ1v) is 7.07.